The van der Waals surface area contributed by atoms with Crippen LogP contribution in [-0.2, 0) is 19.5 Å². The molecule has 2 aromatic rings. The number of hydrogen-bond donors (Lipinski definition) is 1. The molecule has 1 heterocycles. The fraction of sp³-hybridized carbons (Fsp3) is 0.375. The highest BCUT2D eigenvalue weighted by molar-refractivity contribution is 14.0. The summed E-state index contributed by atoms with van der Waals surface area (Å²) in [7, 11) is 3.78. The summed E-state index contributed by atoms with van der Waals surface area (Å²) in [4.78, 5) is 10.9. The largest absolute Gasteiger partial charge is 0.351 e. The third kappa shape index (κ3) is 5.93. The lowest BCUT2D eigenvalue weighted by atomic mass is 10.2. The molecule has 126 valence electrons. The van der Waals surface area contributed by atoms with Gasteiger partial charge in [0.15, 0.2) is 5.96 Å². The van der Waals surface area contributed by atoms with Gasteiger partial charge in [-0.1, -0.05) is 36.7 Å². The van der Waals surface area contributed by atoms with Crippen molar-refractivity contribution in [1.82, 2.24) is 15.2 Å². The highest BCUT2D eigenvalue weighted by Gasteiger charge is 2.09. The number of nitrogens with one attached hydrogen (secondary N) is 1. The van der Waals surface area contributed by atoms with Gasteiger partial charge < -0.3 is 10.2 Å². The zero-order chi connectivity index (χ0) is 15.9. The standard InChI is InChI=1S/C16H21ClN4S.HI/c1-4-15-20-13(11-22-15)9-19-16(18-2)21(3)10-12-7-5-6-8-14(12)17;/h5-8,11H,4,9-10H2,1-3H3,(H,18,19);1H. The lowest BCUT2D eigenvalue weighted by Gasteiger charge is -2.22. The summed E-state index contributed by atoms with van der Waals surface area (Å²) in [5, 5.41) is 7.37. The van der Waals surface area contributed by atoms with Crippen LogP contribution in [0.15, 0.2) is 34.6 Å². The number of nitrogens with zero attached hydrogens (tertiary/aromatic N) is 3. The Morgan fingerprint density at radius 1 is 1.39 bits per heavy atom. The second kappa shape index (κ2) is 10.1. The van der Waals surface area contributed by atoms with E-state index in [0.29, 0.717) is 13.1 Å². The number of aromatic nitrogens is 1. The van der Waals surface area contributed by atoms with E-state index in [0.717, 1.165) is 33.7 Å². The molecule has 0 spiro atoms. The molecular formula is C16H22ClIN4S. The van der Waals surface area contributed by atoms with Crippen LogP contribution >= 0.6 is 46.9 Å². The molecule has 0 amide bonds. The predicted molar refractivity (Wildman–Crippen MR) is 110 cm³/mol. The summed E-state index contributed by atoms with van der Waals surface area (Å²) >= 11 is 7.91. The zero-order valence-electron chi connectivity index (χ0n) is 13.5. The first-order chi connectivity index (χ1) is 10.6. The molecule has 0 radical (unpaired) electrons. The summed E-state index contributed by atoms with van der Waals surface area (Å²) < 4.78 is 0. The van der Waals surface area contributed by atoms with Gasteiger partial charge in [0.1, 0.15) is 0 Å². The fourth-order valence-corrected chi connectivity index (χ4v) is 3.04. The quantitative estimate of drug-likeness (QED) is 0.410. The van der Waals surface area contributed by atoms with Crippen LogP contribution in [0.25, 0.3) is 0 Å². The van der Waals surface area contributed by atoms with E-state index in [9.17, 15) is 0 Å². The van der Waals surface area contributed by atoms with Gasteiger partial charge in [0.2, 0.25) is 0 Å². The molecule has 0 aliphatic heterocycles. The Hall–Kier alpha value is -0.860. The minimum absolute atomic E-state index is 0. The number of aliphatic imine (C=N–C) groups is 1. The van der Waals surface area contributed by atoms with Crippen LogP contribution in [-0.4, -0.2) is 29.9 Å². The molecule has 2 rings (SSSR count). The van der Waals surface area contributed by atoms with Crippen LogP contribution < -0.4 is 5.32 Å². The van der Waals surface area contributed by atoms with Crippen molar-refractivity contribution < 1.29 is 0 Å². The molecule has 7 heteroatoms. The second-order valence-electron chi connectivity index (χ2n) is 4.93. The molecule has 0 saturated carbocycles. The minimum Gasteiger partial charge on any atom is -0.351 e. The monoisotopic (exact) mass is 464 g/mol. The van der Waals surface area contributed by atoms with Crippen molar-refractivity contribution in [2.24, 2.45) is 4.99 Å². The van der Waals surface area contributed by atoms with Gasteiger partial charge in [0.25, 0.3) is 0 Å². The zero-order valence-corrected chi connectivity index (χ0v) is 17.4. The summed E-state index contributed by atoms with van der Waals surface area (Å²) in [6, 6.07) is 7.86. The van der Waals surface area contributed by atoms with Gasteiger partial charge in [-0.05, 0) is 18.1 Å². The summed E-state index contributed by atoms with van der Waals surface area (Å²) in [6.07, 6.45) is 0.978. The number of guanidine groups is 1. The van der Waals surface area contributed by atoms with Crippen LogP contribution in [0.2, 0.25) is 5.02 Å². The van der Waals surface area contributed by atoms with E-state index in [1.165, 1.54) is 0 Å². The molecule has 1 N–H and O–H groups in total. The van der Waals surface area contributed by atoms with Crippen molar-refractivity contribution in [3.63, 3.8) is 0 Å². The van der Waals surface area contributed by atoms with E-state index < -0.39 is 0 Å². The summed E-state index contributed by atoms with van der Waals surface area (Å²) in [6.45, 7) is 3.50. The van der Waals surface area contributed by atoms with E-state index in [2.05, 4.69) is 27.6 Å². The van der Waals surface area contributed by atoms with Crippen LogP contribution in [0.3, 0.4) is 0 Å². The van der Waals surface area contributed by atoms with E-state index >= 15 is 0 Å². The smallest absolute Gasteiger partial charge is 0.194 e. The molecule has 0 atom stereocenters. The molecule has 0 fully saturated rings. The van der Waals surface area contributed by atoms with Gasteiger partial charge >= 0.3 is 0 Å². The number of benzene rings is 1. The molecule has 1 aromatic carbocycles. The van der Waals surface area contributed by atoms with Gasteiger partial charge in [-0.3, -0.25) is 4.99 Å². The number of hydrogen-bond acceptors (Lipinski definition) is 3. The topological polar surface area (TPSA) is 40.5 Å². The molecule has 4 nitrogen and oxygen atoms in total. The van der Waals surface area contributed by atoms with Crippen molar-refractivity contribution in [1.29, 1.82) is 0 Å². The average molecular weight is 465 g/mol. The number of thiazole rings is 1. The van der Waals surface area contributed by atoms with E-state index in [-0.39, 0.29) is 24.0 Å². The fourth-order valence-electron chi connectivity index (χ4n) is 2.10. The lowest BCUT2D eigenvalue weighted by molar-refractivity contribution is 0.476. The Morgan fingerprint density at radius 3 is 2.74 bits per heavy atom. The molecule has 0 aliphatic carbocycles. The van der Waals surface area contributed by atoms with Crippen molar-refractivity contribution in [2.75, 3.05) is 14.1 Å². The van der Waals surface area contributed by atoms with Gasteiger partial charge in [-0.2, -0.15) is 0 Å². The Labute approximate surface area is 164 Å². The number of aryl methyl sites for hydroxylation is 1. The number of halogens is 2. The first-order valence-corrected chi connectivity index (χ1v) is 8.48. The number of rotatable bonds is 5. The molecular weight excluding hydrogens is 443 g/mol. The SMILES string of the molecule is CCc1nc(CNC(=NC)N(C)Cc2ccccc2Cl)cs1.I. The summed E-state index contributed by atoms with van der Waals surface area (Å²) in [5.41, 5.74) is 2.13. The van der Waals surface area contributed by atoms with Crippen LogP contribution in [0, 0.1) is 0 Å². The van der Waals surface area contributed by atoms with Gasteiger partial charge in [-0.15, -0.1) is 35.3 Å². The van der Waals surface area contributed by atoms with Crippen molar-refractivity contribution in [3.05, 3.63) is 50.9 Å². The maximum Gasteiger partial charge on any atom is 0.194 e. The Kier molecular flexibility index (Phi) is 8.86. The van der Waals surface area contributed by atoms with E-state index in [1.807, 2.05) is 36.2 Å². The molecule has 0 saturated heterocycles. The van der Waals surface area contributed by atoms with E-state index in [4.69, 9.17) is 11.6 Å². The highest BCUT2D eigenvalue weighted by Crippen LogP contribution is 2.16. The second-order valence-corrected chi connectivity index (χ2v) is 6.28. The molecule has 1 aromatic heterocycles. The van der Waals surface area contributed by atoms with Crippen molar-refractivity contribution >= 4 is 52.9 Å². The molecule has 0 aliphatic rings. The van der Waals surface area contributed by atoms with Crippen molar-refractivity contribution in [2.45, 2.75) is 26.4 Å². The van der Waals surface area contributed by atoms with Gasteiger partial charge in [0.05, 0.1) is 17.2 Å². The average Bonchev–Trinajstić information content (AvgIpc) is 2.98. The van der Waals surface area contributed by atoms with Crippen LogP contribution in [0.5, 0.6) is 0 Å². The normalized spacial score (nSPS) is 11.0. The van der Waals surface area contributed by atoms with Gasteiger partial charge in [-0.25, -0.2) is 4.98 Å². The Balaban J connectivity index is 0.00000264. The van der Waals surface area contributed by atoms with Crippen molar-refractivity contribution in [3.8, 4) is 0 Å². The highest BCUT2D eigenvalue weighted by atomic mass is 127. The minimum atomic E-state index is 0. The lowest BCUT2D eigenvalue weighted by Crippen LogP contribution is -2.38. The molecule has 0 unspecified atom stereocenters. The Morgan fingerprint density at radius 2 is 2.13 bits per heavy atom. The molecule has 0 bridgehead atoms. The van der Waals surface area contributed by atoms with E-state index in [1.54, 1.807) is 18.4 Å². The predicted octanol–water partition coefficient (Wildman–Crippen LogP) is 4.18. The summed E-state index contributed by atoms with van der Waals surface area (Å²) in [5.74, 6) is 0.825. The van der Waals surface area contributed by atoms with Crippen LogP contribution in [0.4, 0.5) is 0 Å². The Bertz CT molecular complexity index is 645. The third-order valence-corrected chi connectivity index (χ3v) is 4.68. The first kappa shape index (κ1) is 20.2. The molecule has 23 heavy (non-hydrogen) atoms. The first-order valence-electron chi connectivity index (χ1n) is 7.22. The van der Waals surface area contributed by atoms with Crippen LogP contribution in [0.1, 0.15) is 23.2 Å². The third-order valence-electron chi connectivity index (χ3n) is 3.27. The maximum atomic E-state index is 6.21. The maximum absolute atomic E-state index is 6.21. The van der Waals surface area contributed by atoms with Gasteiger partial charge in [0, 0.05) is 31.0 Å².